The maximum Gasteiger partial charge on any atom is 0.459 e. The third kappa shape index (κ3) is 6.60. The average Bonchev–Trinajstić information content (AvgIpc) is 3.13. The molecule has 2 aromatic rings. The summed E-state index contributed by atoms with van der Waals surface area (Å²) >= 11 is 0. The molecule has 2 heterocycles. The van der Waals surface area contributed by atoms with Crippen LogP contribution in [0.5, 0.6) is 5.75 Å². The van der Waals surface area contributed by atoms with Gasteiger partial charge >= 0.3 is 19.4 Å². The van der Waals surface area contributed by atoms with E-state index in [1.54, 1.807) is 25.1 Å². The van der Waals surface area contributed by atoms with E-state index in [0.29, 0.717) is 6.42 Å². The van der Waals surface area contributed by atoms with Gasteiger partial charge < -0.3 is 24.2 Å². The minimum Gasteiger partial charge on any atom is -0.462 e. The highest BCUT2D eigenvalue weighted by Crippen LogP contribution is 2.46. The number of para-hydroxylation sites is 1. The van der Waals surface area contributed by atoms with E-state index >= 15 is 0 Å². The monoisotopic (exact) mass is 551 g/mol. The van der Waals surface area contributed by atoms with Crippen molar-refractivity contribution in [1.29, 1.82) is 0 Å². The Labute approximate surface area is 218 Å². The number of rotatable bonds is 11. The average molecular weight is 551 g/mol. The molecule has 13 nitrogen and oxygen atoms in total. The van der Waals surface area contributed by atoms with Gasteiger partial charge in [0.15, 0.2) is 11.8 Å². The lowest BCUT2D eigenvalue weighted by atomic mass is 9.95. The zero-order chi connectivity index (χ0) is 28.1. The van der Waals surface area contributed by atoms with Gasteiger partial charge in [0, 0.05) is 12.3 Å². The van der Waals surface area contributed by atoms with Crippen molar-refractivity contribution < 1.29 is 38.1 Å². The van der Waals surface area contributed by atoms with Crippen molar-refractivity contribution in [2.75, 3.05) is 6.61 Å². The number of aliphatic hydroxyl groups is 2. The molecule has 206 valence electrons. The lowest BCUT2D eigenvalue weighted by Crippen LogP contribution is -2.48. The number of nitrogens with one attached hydrogen (secondary N) is 2. The van der Waals surface area contributed by atoms with Crippen LogP contribution >= 0.6 is 7.75 Å². The van der Waals surface area contributed by atoms with Gasteiger partial charge in [0.25, 0.3) is 5.56 Å². The normalized spacial score (nSPS) is 26.1. The second-order valence-electron chi connectivity index (χ2n) is 8.66. The van der Waals surface area contributed by atoms with Crippen LogP contribution in [0.2, 0.25) is 0 Å². The van der Waals surface area contributed by atoms with Gasteiger partial charge in [-0.15, -0.1) is 6.42 Å². The summed E-state index contributed by atoms with van der Waals surface area (Å²) in [6.07, 6.45) is 1.85. The number of carbonyl (C=O) groups excluding carboxylic acids is 1. The molecule has 0 bridgehead atoms. The van der Waals surface area contributed by atoms with Crippen LogP contribution in [0.4, 0.5) is 0 Å². The zero-order valence-electron chi connectivity index (χ0n) is 21.0. The fourth-order valence-corrected chi connectivity index (χ4v) is 5.01. The van der Waals surface area contributed by atoms with Crippen LogP contribution in [0.25, 0.3) is 0 Å². The molecular formula is C24H30N3O10P. The number of aromatic amines is 1. The Morgan fingerprint density at radius 3 is 2.61 bits per heavy atom. The highest BCUT2D eigenvalue weighted by molar-refractivity contribution is 7.52. The van der Waals surface area contributed by atoms with Gasteiger partial charge in [0.2, 0.25) is 0 Å². The van der Waals surface area contributed by atoms with E-state index in [1.165, 1.54) is 19.1 Å². The van der Waals surface area contributed by atoms with E-state index in [0.717, 1.165) is 16.8 Å². The minimum absolute atomic E-state index is 0.150. The quantitative estimate of drug-likeness (QED) is 0.175. The molecular weight excluding hydrogens is 521 g/mol. The van der Waals surface area contributed by atoms with Gasteiger partial charge in [-0.3, -0.25) is 23.7 Å². The molecule has 1 aromatic carbocycles. The molecule has 2 unspecified atom stereocenters. The summed E-state index contributed by atoms with van der Waals surface area (Å²) < 4.78 is 36.5. The van der Waals surface area contributed by atoms with Gasteiger partial charge in [-0.1, -0.05) is 31.0 Å². The molecule has 1 saturated heterocycles. The Kier molecular flexibility index (Phi) is 9.32. The van der Waals surface area contributed by atoms with Crippen LogP contribution in [0.15, 0.2) is 52.2 Å². The van der Waals surface area contributed by atoms with E-state index in [-0.39, 0.29) is 11.9 Å². The molecule has 1 aliphatic rings. The van der Waals surface area contributed by atoms with Crippen molar-refractivity contribution in [3.63, 3.8) is 0 Å². The minimum atomic E-state index is -4.33. The first-order chi connectivity index (χ1) is 17.9. The van der Waals surface area contributed by atoms with Crippen molar-refractivity contribution in [3.8, 4) is 18.1 Å². The van der Waals surface area contributed by atoms with Crippen LogP contribution in [0.3, 0.4) is 0 Å². The Hall–Kier alpha value is -3.24. The third-order valence-corrected chi connectivity index (χ3v) is 7.44. The van der Waals surface area contributed by atoms with Crippen molar-refractivity contribution in [2.45, 2.75) is 63.4 Å². The number of esters is 1. The Morgan fingerprint density at radius 1 is 1.32 bits per heavy atom. The lowest BCUT2D eigenvalue weighted by molar-refractivity contribution is -0.150. The molecule has 0 spiro atoms. The Morgan fingerprint density at radius 2 is 2.00 bits per heavy atom. The summed E-state index contributed by atoms with van der Waals surface area (Å²) in [4.78, 5) is 38.1. The van der Waals surface area contributed by atoms with Gasteiger partial charge in [0.05, 0.1) is 12.7 Å². The molecule has 0 saturated carbocycles. The molecule has 3 rings (SSSR count). The van der Waals surface area contributed by atoms with Crippen LogP contribution < -0.4 is 20.9 Å². The molecule has 1 fully saturated rings. The molecule has 1 aromatic heterocycles. The van der Waals surface area contributed by atoms with Crippen molar-refractivity contribution >= 4 is 13.7 Å². The number of H-pyrrole nitrogens is 1. The lowest BCUT2D eigenvalue weighted by Gasteiger charge is -2.26. The molecule has 0 aliphatic carbocycles. The summed E-state index contributed by atoms with van der Waals surface area (Å²) in [5.74, 6) is 1.47. The van der Waals surface area contributed by atoms with E-state index in [9.17, 15) is 29.2 Å². The summed E-state index contributed by atoms with van der Waals surface area (Å²) in [5, 5.41) is 24.2. The number of aromatic nitrogens is 2. The Balaban J connectivity index is 1.83. The largest absolute Gasteiger partial charge is 0.462 e. The summed E-state index contributed by atoms with van der Waals surface area (Å²) in [6.45, 7) is 4.30. The topological polar surface area (TPSA) is 178 Å². The maximum absolute atomic E-state index is 13.7. The number of ether oxygens (including phenoxy) is 2. The van der Waals surface area contributed by atoms with E-state index in [2.05, 4.69) is 5.09 Å². The van der Waals surface area contributed by atoms with Crippen molar-refractivity contribution in [3.05, 3.63) is 63.4 Å². The number of benzene rings is 1. The molecule has 4 N–H and O–H groups in total. The molecule has 0 radical (unpaired) electrons. The maximum atomic E-state index is 13.7. The molecule has 7 atom stereocenters. The van der Waals surface area contributed by atoms with Gasteiger partial charge in [-0.05, 0) is 32.4 Å². The summed E-state index contributed by atoms with van der Waals surface area (Å²) in [6, 6.07) is 7.87. The second-order valence-corrected chi connectivity index (χ2v) is 10.4. The first-order valence-electron chi connectivity index (χ1n) is 11.7. The third-order valence-electron chi connectivity index (χ3n) is 5.79. The molecule has 38 heavy (non-hydrogen) atoms. The number of terminal acetylenes is 1. The highest BCUT2D eigenvalue weighted by atomic mass is 31.2. The number of carbonyl (C=O) groups is 1. The second kappa shape index (κ2) is 12.1. The number of aliphatic hydroxyl groups excluding tert-OH is 1. The fraction of sp³-hybridized carbons (Fsp3) is 0.458. The fourth-order valence-electron chi connectivity index (χ4n) is 3.51. The highest BCUT2D eigenvalue weighted by Gasteiger charge is 2.56. The zero-order valence-corrected chi connectivity index (χ0v) is 21.9. The number of hydrogen-bond acceptors (Lipinski definition) is 10. The predicted octanol–water partition coefficient (Wildman–Crippen LogP) is 0.683. The van der Waals surface area contributed by atoms with Gasteiger partial charge in [0.1, 0.15) is 24.0 Å². The van der Waals surface area contributed by atoms with Gasteiger partial charge in [-0.2, -0.15) is 5.09 Å². The van der Waals surface area contributed by atoms with Crippen molar-refractivity contribution in [2.24, 2.45) is 0 Å². The van der Waals surface area contributed by atoms with Gasteiger partial charge in [-0.25, -0.2) is 9.36 Å². The first kappa shape index (κ1) is 29.3. The standard InChI is InChI=1S/C24H30N3O10P/c1-5-15(3)35-21(30)16(4)26-38(33,37-17-10-8-7-9-11-17)34-14-18-20(29)24(32,6-2)22(36-18)27-13-12-19(28)25-23(27)31/h2,7-13,15-16,18,20,22,29,32H,5,14H2,1,3-4H3,(H,26,33)(H,25,28,31)/t15?,16-,18+,20-,22-,24-,38?/m1/s1. The van der Waals surface area contributed by atoms with Crippen LogP contribution in [0, 0.1) is 12.3 Å². The Bertz CT molecular complexity index is 1320. The summed E-state index contributed by atoms with van der Waals surface area (Å²) in [7, 11) is -4.33. The molecule has 0 amide bonds. The van der Waals surface area contributed by atoms with Crippen LogP contribution in [-0.2, 0) is 23.4 Å². The number of nitrogens with zero attached hydrogens (tertiary/aromatic N) is 1. The SMILES string of the molecule is C#C[C@@]1(O)[C@H](O)[C@H](COP(=O)(N[C@H](C)C(=O)OC(C)CC)Oc2ccccc2)O[C@H]1n1ccc(=O)[nH]c1=O. The van der Waals surface area contributed by atoms with Crippen LogP contribution in [-0.4, -0.2) is 62.3 Å². The van der Waals surface area contributed by atoms with E-state index < -0.39 is 61.7 Å². The molecule has 1 aliphatic heterocycles. The number of hydrogen-bond donors (Lipinski definition) is 4. The van der Waals surface area contributed by atoms with Crippen molar-refractivity contribution in [1.82, 2.24) is 14.6 Å². The van der Waals surface area contributed by atoms with Crippen LogP contribution in [0.1, 0.15) is 33.4 Å². The predicted molar refractivity (Wildman–Crippen MR) is 134 cm³/mol. The summed E-state index contributed by atoms with van der Waals surface area (Å²) in [5.41, 5.74) is -4.06. The van der Waals surface area contributed by atoms with E-state index in [4.69, 9.17) is 24.9 Å². The molecule has 14 heteroatoms. The van der Waals surface area contributed by atoms with E-state index in [1.807, 2.05) is 17.8 Å². The first-order valence-corrected chi connectivity index (χ1v) is 13.3. The smallest absolute Gasteiger partial charge is 0.459 e.